The lowest BCUT2D eigenvalue weighted by Crippen LogP contribution is -2.41. The molecular formula is C17H27ClN2O3. The number of aliphatic hydroxyl groups is 2. The van der Waals surface area contributed by atoms with Gasteiger partial charge in [0.05, 0.1) is 18.2 Å². The number of aliphatic hydroxyl groups excluding tert-OH is 2. The fourth-order valence-corrected chi connectivity index (χ4v) is 2.56. The quantitative estimate of drug-likeness (QED) is 0.664. The van der Waals surface area contributed by atoms with E-state index in [0.29, 0.717) is 13.0 Å². The van der Waals surface area contributed by atoms with E-state index in [-0.39, 0.29) is 36.3 Å². The number of hydrogen-bond donors (Lipinski definition) is 4. The topological polar surface area (TPSA) is 81.6 Å². The van der Waals surface area contributed by atoms with Crippen LogP contribution in [0.2, 0.25) is 0 Å². The normalized spacial score (nSPS) is 22.3. The van der Waals surface area contributed by atoms with E-state index in [9.17, 15) is 15.0 Å². The summed E-state index contributed by atoms with van der Waals surface area (Å²) in [7, 11) is 0. The molecule has 0 saturated carbocycles. The minimum atomic E-state index is -0.732. The fraction of sp³-hybridized carbons (Fsp3) is 0.588. The number of rotatable bonds is 4. The molecule has 3 atom stereocenters. The maximum atomic E-state index is 11.9. The van der Waals surface area contributed by atoms with E-state index in [2.05, 4.69) is 31.4 Å². The Labute approximate surface area is 143 Å². The van der Waals surface area contributed by atoms with Crippen molar-refractivity contribution in [2.24, 2.45) is 0 Å². The molecule has 23 heavy (non-hydrogen) atoms. The number of benzene rings is 1. The zero-order valence-electron chi connectivity index (χ0n) is 13.9. The van der Waals surface area contributed by atoms with Crippen molar-refractivity contribution >= 4 is 18.3 Å². The zero-order chi connectivity index (χ0) is 16.3. The maximum absolute atomic E-state index is 11.9. The molecule has 3 unspecified atom stereocenters. The predicted molar refractivity (Wildman–Crippen MR) is 92.8 cm³/mol. The molecule has 6 heteroatoms. The number of hydrogen-bond acceptors (Lipinski definition) is 4. The Kier molecular flexibility index (Phi) is 7.02. The highest BCUT2D eigenvalue weighted by atomic mass is 35.5. The Bertz CT molecular complexity index is 514. The first kappa shape index (κ1) is 19.9. The highest BCUT2D eigenvalue weighted by molar-refractivity contribution is 5.85. The Hall–Kier alpha value is -1.14. The standard InChI is InChI=1S/C17H26N2O3.ClH/c1-17(2,3)12-6-4-11(5-7-12)15(21)10-19-16(22)14-8-13(20)9-18-14;/h4-7,13-15,18,20-21H,8-10H2,1-3H3,(H,19,22);1H. The summed E-state index contributed by atoms with van der Waals surface area (Å²) in [5.74, 6) is -0.179. The molecule has 1 saturated heterocycles. The summed E-state index contributed by atoms with van der Waals surface area (Å²) in [6.07, 6.45) is -0.780. The van der Waals surface area contributed by atoms with Crippen molar-refractivity contribution in [3.63, 3.8) is 0 Å². The van der Waals surface area contributed by atoms with Gasteiger partial charge in [-0.25, -0.2) is 0 Å². The van der Waals surface area contributed by atoms with E-state index >= 15 is 0 Å². The summed E-state index contributed by atoms with van der Waals surface area (Å²) >= 11 is 0. The highest BCUT2D eigenvalue weighted by Crippen LogP contribution is 2.23. The first-order valence-electron chi connectivity index (χ1n) is 7.75. The summed E-state index contributed by atoms with van der Waals surface area (Å²) in [6, 6.07) is 7.44. The number of carbonyl (C=O) groups is 1. The molecule has 0 aromatic heterocycles. The van der Waals surface area contributed by atoms with Crippen LogP contribution < -0.4 is 10.6 Å². The van der Waals surface area contributed by atoms with Gasteiger partial charge in [-0.15, -0.1) is 12.4 Å². The number of nitrogens with one attached hydrogen (secondary N) is 2. The summed E-state index contributed by atoms with van der Waals surface area (Å²) in [5, 5.41) is 25.3. The SMILES string of the molecule is CC(C)(C)c1ccc(C(O)CNC(=O)C2CC(O)CN2)cc1.Cl. The third kappa shape index (κ3) is 5.46. The van der Waals surface area contributed by atoms with Crippen LogP contribution in [0.1, 0.15) is 44.4 Å². The monoisotopic (exact) mass is 342 g/mol. The lowest BCUT2D eigenvalue weighted by molar-refractivity contribution is -0.123. The van der Waals surface area contributed by atoms with Gasteiger partial charge in [-0.3, -0.25) is 4.79 Å². The Balaban J connectivity index is 0.00000264. The molecule has 1 aromatic rings. The van der Waals surface area contributed by atoms with Crippen LogP contribution in [-0.2, 0) is 10.2 Å². The molecule has 0 spiro atoms. The van der Waals surface area contributed by atoms with Gasteiger partial charge in [0, 0.05) is 13.1 Å². The lowest BCUT2D eigenvalue weighted by atomic mass is 9.86. The second kappa shape index (κ2) is 8.11. The zero-order valence-corrected chi connectivity index (χ0v) is 14.7. The average Bonchev–Trinajstić information content (AvgIpc) is 2.90. The molecule has 1 fully saturated rings. The van der Waals surface area contributed by atoms with Crippen LogP contribution in [0.3, 0.4) is 0 Å². The van der Waals surface area contributed by atoms with Crippen LogP contribution in [0.4, 0.5) is 0 Å². The van der Waals surface area contributed by atoms with E-state index in [1.807, 2.05) is 24.3 Å². The summed E-state index contributed by atoms with van der Waals surface area (Å²) < 4.78 is 0. The van der Waals surface area contributed by atoms with E-state index < -0.39 is 12.2 Å². The van der Waals surface area contributed by atoms with Crippen molar-refractivity contribution in [2.75, 3.05) is 13.1 Å². The molecule has 0 aliphatic carbocycles. The van der Waals surface area contributed by atoms with Gasteiger partial charge in [0.2, 0.25) is 5.91 Å². The van der Waals surface area contributed by atoms with Gasteiger partial charge in [0.15, 0.2) is 0 Å². The predicted octanol–water partition coefficient (Wildman–Crippen LogP) is 1.28. The number of carbonyl (C=O) groups excluding carboxylic acids is 1. The number of halogens is 1. The van der Waals surface area contributed by atoms with Crippen molar-refractivity contribution in [2.45, 2.75) is 50.9 Å². The van der Waals surface area contributed by atoms with Crippen molar-refractivity contribution in [1.29, 1.82) is 0 Å². The first-order valence-corrected chi connectivity index (χ1v) is 7.75. The number of amides is 1. The fourth-order valence-electron chi connectivity index (χ4n) is 2.56. The molecular weight excluding hydrogens is 316 g/mol. The van der Waals surface area contributed by atoms with E-state index in [0.717, 1.165) is 5.56 Å². The summed E-state index contributed by atoms with van der Waals surface area (Å²) in [6.45, 7) is 7.03. The van der Waals surface area contributed by atoms with Gasteiger partial charge >= 0.3 is 0 Å². The second-order valence-electron chi connectivity index (χ2n) is 6.98. The smallest absolute Gasteiger partial charge is 0.237 e. The Morgan fingerprint density at radius 2 is 1.96 bits per heavy atom. The van der Waals surface area contributed by atoms with E-state index in [1.54, 1.807) is 0 Å². The van der Waals surface area contributed by atoms with Crippen LogP contribution in [0.25, 0.3) is 0 Å². The van der Waals surface area contributed by atoms with Crippen LogP contribution in [0, 0.1) is 0 Å². The van der Waals surface area contributed by atoms with Crippen LogP contribution in [-0.4, -0.2) is 41.4 Å². The van der Waals surface area contributed by atoms with Gasteiger partial charge in [-0.1, -0.05) is 45.0 Å². The molecule has 0 bridgehead atoms. The molecule has 1 aliphatic heterocycles. The van der Waals surface area contributed by atoms with Crippen LogP contribution in [0.5, 0.6) is 0 Å². The van der Waals surface area contributed by atoms with Gasteiger partial charge in [-0.2, -0.15) is 0 Å². The van der Waals surface area contributed by atoms with Gasteiger partial charge in [0.25, 0.3) is 0 Å². The Morgan fingerprint density at radius 1 is 1.35 bits per heavy atom. The molecule has 2 rings (SSSR count). The summed E-state index contributed by atoms with van der Waals surface area (Å²) in [4.78, 5) is 11.9. The molecule has 4 N–H and O–H groups in total. The minimum absolute atomic E-state index is 0. The van der Waals surface area contributed by atoms with Gasteiger partial charge in [0.1, 0.15) is 0 Å². The third-order valence-corrected chi connectivity index (χ3v) is 4.06. The van der Waals surface area contributed by atoms with E-state index in [1.165, 1.54) is 5.56 Å². The highest BCUT2D eigenvalue weighted by Gasteiger charge is 2.28. The Morgan fingerprint density at radius 3 is 2.43 bits per heavy atom. The van der Waals surface area contributed by atoms with Crippen molar-refractivity contribution < 1.29 is 15.0 Å². The first-order chi connectivity index (χ1) is 10.3. The molecule has 5 nitrogen and oxygen atoms in total. The maximum Gasteiger partial charge on any atom is 0.237 e. The molecule has 1 aliphatic rings. The molecule has 130 valence electrons. The van der Waals surface area contributed by atoms with Gasteiger partial charge < -0.3 is 20.8 Å². The average molecular weight is 343 g/mol. The number of β-amino-alcohol motifs (C(OH)–C–C–N with tert-alkyl or cyclic N) is 1. The van der Waals surface area contributed by atoms with Crippen LogP contribution >= 0.6 is 12.4 Å². The molecule has 1 amide bonds. The second-order valence-corrected chi connectivity index (χ2v) is 6.98. The third-order valence-electron chi connectivity index (χ3n) is 4.06. The van der Waals surface area contributed by atoms with Crippen molar-refractivity contribution in [3.05, 3.63) is 35.4 Å². The summed E-state index contributed by atoms with van der Waals surface area (Å²) in [5.41, 5.74) is 2.07. The molecule has 1 heterocycles. The van der Waals surface area contributed by atoms with Crippen LogP contribution in [0.15, 0.2) is 24.3 Å². The van der Waals surface area contributed by atoms with Crippen molar-refractivity contribution in [3.8, 4) is 0 Å². The lowest BCUT2D eigenvalue weighted by Gasteiger charge is -2.20. The molecule has 1 aromatic carbocycles. The van der Waals surface area contributed by atoms with E-state index in [4.69, 9.17) is 0 Å². The van der Waals surface area contributed by atoms with Gasteiger partial charge in [-0.05, 0) is 23.0 Å². The molecule has 0 radical (unpaired) electrons. The largest absolute Gasteiger partial charge is 0.392 e. The van der Waals surface area contributed by atoms with Crippen molar-refractivity contribution in [1.82, 2.24) is 10.6 Å². The minimum Gasteiger partial charge on any atom is -0.392 e.